The van der Waals surface area contributed by atoms with Crippen LogP contribution in [0.25, 0.3) is 5.69 Å². The molecule has 0 saturated heterocycles. The van der Waals surface area contributed by atoms with Crippen LogP contribution in [0.1, 0.15) is 86.1 Å². The van der Waals surface area contributed by atoms with Crippen LogP contribution in [0.5, 0.6) is 0 Å². The lowest BCUT2D eigenvalue weighted by atomic mass is 9.46. The van der Waals surface area contributed by atoms with Gasteiger partial charge in [-0.1, -0.05) is 55.8 Å². The fourth-order valence-corrected chi connectivity index (χ4v) is 9.32. The number of nitrogens with one attached hydrogen (secondary N) is 1. The van der Waals surface area contributed by atoms with Crippen molar-refractivity contribution >= 4 is 23.2 Å². The summed E-state index contributed by atoms with van der Waals surface area (Å²) in [5.41, 5.74) is 3.45. The number of fused-ring (bicyclic) bond motifs is 5. The molecule has 4 aliphatic rings. The van der Waals surface area contributed by atoms with Crippen LogP contribution in [0.4, 0.5) is 5.69 Å². The number of Topliss-reactive ketones (excluding diaryl/α,β-unsaturated/α-hetero) is 1. The van der Waals surface area contributed by atoms with E-state index in [1.165, 1.54) is 5.57 Å². The van der Waals surface area contributed by atoms with Crippen LogP contribution in [0, 0.1) is 34.5 Å². The maximum absolute atomic E-state index is 14.5. The predicted molar refractivity (Wildman–Crippen MR) is 162 cm³/mol. The highest BCUT2D eigenvalue weighted by Crippen LogP contribution is 2.66. The number of nitrogens with zero attached hydrogens (tertiary/aromatic N) is 2. The molecule has 0 aliphatic heterocycles. The van der Waals surface area contributed by atoms with Crippen LogP contribution in [0.2, 0.25) is 0 Å². The molecule has 1 amide bonds. The second kappa shape index (κ2) is 10.2. The van der Waals surface area contributed by atoms with Crippen LogP contribution in [0.15, 0.2) is 78.5 Å². The molecule has 216 valence electrons. The Morgan fingerprint density at radius 3 is 2.38 bits per heavy atom. The molecule has 0 bridgehead atoms. The van der Waals surface area contributed by atoms with E-state index in [0.717, 1.165) is 50.6 Å². The van der Waals surface area contributed by atoms with Gasteiger partial charge in [0.15, 0.2) is 17.3 Å². The molecule has 1 N–H and O–H groups in total. The van der Waals surface area contributed by atoms with Gasteiger partial charge in [-0.15, -0.1) is 0 Å². The number of para-hydroxylation sites is 2. The minimum absolute atomic E-state index is 0.0460. The van der Waals surface area contributed by atoms with Crippen molar-refractivity contribution in [2.24, 2.45) is 34.5 Å². The molecule has 42 heavy (non-hydrogen) atoms. The number of benzene rings is 2. The molecule has 6 atom stereocenters. The van der Waals surface area contributed by atoms with E-state index < -0.39 is 0 Å². The number of hydrogen-bond acceptors (Lipinski definition) is 4. The van der Waals surface area contributed by atoms with Gasteiger partial charge in [0.1, 0.15) is 0 Å². The number of ketones is 2. The number of allylic oxidation sites excluding steroid dienone is 1. The predicted octanol–water partition coefficient (Wildman–Crippen LogP) is 7.46. The molecule has 2 aromatic carbocycles. The summed E-state index contributed by atoms with van der Waals surface area (Å²) in [6.07, 6.45) is 11.4. The zero-order valence-corrected chi connectivity index (χ0v) is 24.5. The monoisotopic (exact) mass is 561 g/mol. The Balaban J connectivity index is 1.20. The van der Waals surface area contributed by atoms with Crippen molar-refractivity contribution in [2.45, 2.75) is 65.2 Å². The van der Waals surface area contributed by atoms with Crippen molar-refractivity contribution in [3.63, 3.8) is 0 Å². The fraction of sp³-hybridized carbons (Fsp3) is 0.444. The summed E-state index contributed by atoms with van der Waals surface area (Å²) in [4.78, 5) is 40.3. The van der Waals surface area contributed by atoms with Gasteiger partial charge in [0.05, 0.1) is 11.3 Å². The first-order chi connectivity index (χ1) is 20.3. The minimum atomic E-state index is -0.367. The lowest BCUT2D eigenvalue weighted by molar-refractivity contribution is -0.117. The highest BCUT2D eigenvalue weighted by molar-refractivity contribution is 6.12. The summed E-state index contributed by atoms with van der Waals surface area (Å²) in [5.74, 6) is 1.45. The van der Waals surface area contributed by atoms with Gasteiger partial charge in [-0.3, -0.25) is 14.4 Å². The van der Waals surface area contributed by atoms with Crippen molar-refractivity contribution in [2.75, 3.05) is 5.32 Å². The highest BCUT2D eigenvalue weighted by atomic mass is 16.2. The van der Waals surface area contributed by atoms with E-state index in [4.69, 9.17) is 0 Å². The number of amides is 1. The van der Waals surface area contributed by atoms with Crippen molar-refractivity contribution < 1.29 is 14.4 Å². The zero-order chi connectivity index (χ0) is 29.1. The van der Waals surface area contributed by atoms with E-state index in [1.54, 1.807) is 10.9 Å². The first kappa shape index (κ1) is 27.1. The van der Waals surface area contributed by atoms with Gasteiger partial charge >= 0.3 is 0 Å². The van der Waals surface area contributed by atoms with E-state index in [1.807, 2.05) is 66.7 Å². The summed E-state index contributed by atoms with van der Waals surface area (Å²) >= 11 is 0. The van der Waals surface area contributed by atoms with Crippen molar-refractivity contribution in [1.29, 1.82) is 0 Å². The molecular weight excluding hydrogens is 522 g/mol. The molecule has 3 aromatic rings. The lowest BCUT2D eigenvalue weighted by Crippen LogP contribution is -2.51. The second-order valence-corrected chi connectivity index (χ2v) is 13.5. The van der Waals surface area contributed by atoms with Gasteiger partial charge in [0, 0.05) is 24.2 Å². The molecule has 3 fully saturated rings. The Labute approximate surface area is 247 Å². The highest BCUT2D eigenvalue weighted by Gasteiger charge is 2.60. The topological polar surface area (TPSA) is 81.1 Å². The fourth-order valence-electron chi connectivity index (χ4n) is 9.32. The Morgan fingerprint density at radius 1 is 0.881 bits per heavy atom. The van der Waals surface area contributed by atoms with Crippen LogP contribution in [-0.4, -0.2) is 27.3 Å². The summed E-state index contributed by atoms with van der Waals surface area (Å²) in [5, 5.41) is 7.62. The van der Waals surface area contributed by atoms with Gasteiger partial charge < -0.3 is 5.32 Å². The summed E-state index contributed by atoms with van der Waals surface area (Å²) in [7, 11) is 0. The van der Waals surface area contributed by atoms with E-state index in [9.17, 15) is 14.4 Å². The van der Waals surface area contributed by atoms with E-state index in [-0.39, 0.29) is 39.9 Å². The standard InChI is InChI=1S/C36H39N3O3/c1-35-19-17-26(40)21-23(35)13-14-27-29-15-16-31(36(29,2)20-18-30(27)35)33(41)28-22-39(25-11-7-4-8-12-25)38-32(28)34(42)37-24-9-5-3-6-10-24/h3-12,21-22,27,29-31H,13-20H2,1-2H3,(H,37,42). The van der Waals surface area contributed by atoms with Gasteiger partial charge in [0.2, 0.25) is 0 Å². The first-order valence-electron chi connectivity index (χ1n) is 15.6. The Kier molecular flexibility index (Phi) is 6.56. The third kappa shape index (κ3) is 4.29. The number of aromatic nitrogens is 2. The van der Waals surface area contributed by atoms with Crippen LogP contribution < -0.4 is 5.32 Å². The Morgan fingerprint density at radius 2 is 1.62 bits per heavy atom. The van der Waals surface area contributed by atoms with Gasteiger partial charge in [-0.25, -0.2) is 4.68 Å². The molecule has 6 unspecified atom stereocenters. The molecule has 6 heteroatoms. The molecule has 4 aliphatic carbocycles. The van der Waals surface area contributed by atoms with E-state index >= 15 is 0 Å². The number of carbonyl (C=O) groups is 3. The molecule has 0 radical (unpaired) electrons. The maximum atomic E-state index is 14.5. The summed E-state index contributed by atoms with van der Waals surface area (Å²) in [6.45, 7) is 4.74. The normalized spacial score (nSPS) is 31.9. The third-order valence-corrected chi connectivity index (χ3v) is 11.5. The van der Waals surface area contributed by atoms with Crippen LogP contribution in [-0.2, 0) is 4.79 Å². The quantitative estimate of drug-likeness (QED) is 0.328. The average Bonchev–Trinajstić information content (AvgIpc) is 3.60. The van der Waals surface area contributed by atoms with Crippen molar-refractivity contribution in [1.82, 2.24) is 9.78 Å². The maximum Gasteiger partial charge on any atom is 0.276 e. The Hall–Kier alpha value is -3.80. The summed E-state index contributed by atoms with van der Waals surface area (Å²) in [6, 6.07) is 19.0. The van der Waals surface area contributed by atoms with Gasteiger partial charge in [-0.05, 0) is 104 Å². The largest absolute Gasteiger partial charge is 0.321 e. The van der Waals surface area contributed by atoms with Crippen molar-refractivity contribution in [3.8, 4) is 5.69 Å². The SMILES string of the molecule is CC12CCC(=O)C=C1CCC1C2CCC2(C)C(C(=O)c3cn(-c4ccccc4)nc3C(=O)Nc3ccccc3)CCC12. The third-order valence-electron chi connectivity index (χ3n) is 11.5. The molecule has 1 aromatic heterocycles. The van der Waals surface area contributed by atoms with Gasteiger partial charge in [-0.2, -0.15) is 5.10 Å². The smallest absolute Gasteiger partial charge is 0.276 e. The molecule has 7 rings (SSSR count). The average molecular weight is 562 g/mol. The molecular formula is C36H39N3O3. The molecule has 1 heterocycles. The molecule has 0 spiro atoms. The van der Waals surface area contributed by atoms with Crippen molar-refractivity contribution in [3.05, 3.63) is 89.8 Å². The molecule has 3 saturated carbocycles. The van der Waals surface area contributed by atoms with E-state index in [0.29, 0.717) is 35.4 Å². The molecule has 6 nitrogen and oxygen atoms in total. The second-order valence-electron chi connectivity index (χ2n) is 13.5. The Bertz CT molecular complexity index is 1570. The number of carbonyl (C=O) groups excluding carboxylic acids is 3. The first-order valence-corrected chi connectivity index (χ1v) is 15.6. The summed E-state index contributed by atoms with van der Waals surface area (Å²) < 4.78 is 1.67. The number of hydrogen-bond donors (Lipinski definition) is 1. The van der Waals surface area contributed by atoms with Crippen LogP contribution in [0.3, 0.4) is 0 Å². The van der Waals surface area contributed by atoms with Gasteiger partial charge in [0.25, 0.3) is 5.91 Å². The van der Waals surface area contributed by atoms with Crippen LogP contribution >= 0.6 is 0 Å². The number of rotatable bonds is 5. The zero-order valence-electron chi connectivity index (χ0n) is 24.5. The van der Waals surface area contributed by atoms with E-state index in [2.05, 4.69) is 24.3 Å². The lowest BCUT2D eigenvalue weighted by Gasteiger charge is -2.58. The number of anilines is 1. The minimum Gasteiger partial charge on any atom is -0.321 e.